The molecule has 164 valence electrons. The van der Waals surface area contributed by atoms with Crippen molar-refractivity contribution >= 4 is 27.5 Å². The van der Waals surface area contributed by atoms with Gasteiger partial charge < -0.3 is 15.0 Å². The van der Waals surface area contributed by atoms with Gasteiger partial charge in [-0.25, -0.2) is 4.98 Å². The van der Waals surface area contributed by atoms with Gasteiger partial charge in [-0.15, -0.1) is 11.3 Å². The summed E-state index contributed by atoms with van der Waals surface area (Å²) in [6, 6.07) is 17.7. The number of aromatic nitrogens is 2. The molecular formula is C25H25N3O3S. The number of fused-ring (bicyclic) bond motifs is 1. The standard InChI is InChI=1S/C25H25N3O3S/c1-17-25(31)21(29)12-14-28(17)13-4-7-23(30)26-16-19-10-8-18(9-11-19)15-24-27-20-5-2-3-6-22(20)32-24/h2-3,5-6,8-12,14,31H,4,7,13,15-16H2,1H3,(H,26,30). The summed E-state index contributed by atoms with van der Waals surface area (Å²) in [6.07, 6.45) is 3.44. The van der Waals surface area contributed by atoms with Gasteiger partial charge in [-0.3, -0.25) is 9.59 Å². The number of benzene rings is 2. The van der Waals surface area contributed by atoms with Gasteiger partial charge in [0.05, 0.1) is 20.9 Å². The molecule has 0 saturated carbocycles. The Balaban J connectivity index is 1.23. The zero-order chi connectivity index (χ0) is 22.5. The zero-order valence-electron chi connectivity index (χ0n) is 17.9. The van der Waals surface area contributed by atoms with E-state index in [9.17, 15) is 14.7 Å². The molecule has 2 aromatic heterocycles. The highest BCUT2D eigenvalue weighted by atomic mass is 32.1. The quantitative estimate of drug-likeness (QED) is 0.425. The minimum atomic E-state index is -0.386. The lowest BCUT2D eigenvalue weighted by atomic mass is 10.1. The molecule has 0 aliphatic carbocycles. The average molecular weight is 448 g/mol. The van der Waals surface area contributed by atoms with E-state index in [1.807, 2.05) is 30.3 Å². The van der Waals surface area contributed by atoms with Crippen molar-refractivity contribution in [1.82, 2.24) is 14.9 Å². The number of hydrogen-bond donors (Lipinski definition) is 2. The van der Waals surface area contributed by atoms with Gasteiger partial charge in [0.2, 0.25) is 11.3 Å². The summed E-state index contributed by atoms with van der Waals surface area (Å²) in [5, 5.41) is 13.8. The molecule has 4 rings (SSSR count). The molecule has 0 spiro atoms. The maximum atomic E-state index is 12.2. The summed E-state index contributed by atoms with van der Waals surface area (Å²) in [7, 11) is 0. The molecule has 32 heavy (non-hydrogen) atoms. The first-order valence-corrected chi connectivity index (χ1v) is 11.4. The number of nitrogens with zero attached hydrogens (tertiary/aromatic N) is 2. The maximum Gasteiger partial charge on any atom is 0.223 e. The summed E-state index contributed by atoms with van der Waals surface area (Å²) in [6.45, 7) is 2.74. The zero-order valence-corrected chi connectivity index (χ0v) is 18.7. The number of aromatic hydroxyl groups is 1. The molecule has 0 radical (unpaired) electrons. The summed E-state index contributed by atoms with van der Waals surface area (Å²) in [4.78, 5) is 28.3. The molecule has 0 bridgehead atoms. The van der Waals surface area contributed by atoms with Gasteiger partial charge in [-0.1, -0.05) is 36.4 Å². The Morgan fingerprint density at radius 1 is 1.09 bits per heavy atom. The normalized spacial score (nSPS) is 11.0. The molecule has 0 fully saturated rings. The molecule has 0 saturated heterocycles. The topological polar surface area (TPSA) is 84.2 Å². The fraction of sp³-hybridized carbons (Fsp3) is 0.240. The summed E-state index contributed by atoms with van der Waals surface area (Å²) >= 11 is 1.72. The fourth-order valence-corrected chi connectivity index (χ4v) is 4.55. The lowest BCUT2D eigenvalue weighted by Crippen LogP contribution is -2.23. The number of thiazole rings is 1. The SMILES string of the molecule is Cc1c(O)c(=O)ccn1CCCC(=O)NCc1ccc(Cc2nc3ccccc3s2)cc1. The van der Waals surface area contributed by atoms with Crippen LogP contribution in [0.4, 0.5) is 0 Å². The highest BCUT2D eigenvalue weighted by molar-refractivity contribution is 7.18. The van der Waals surface area contributed by atoms with Crippen LogP contribution in [0.5, 0.6) is 5.75 Å². The second-order valence-corrected chi connectivity index (χ2v) is 8.87. The van der Waals surface area contributed by atoms with Crippen molar-refractivity contribution in [3.05, 3.63) is 92.8 Å². The largest absolute Gasteiger partial charge is 0.503 e. The number of carbonyl (C=O) groups is 1. The van der Waals surface area contributed by atoms with Crippen LogP contribution in [-0.2, 0) is 24.3 Å². The average Bonchev–Trinajstić information content (AvgIpc) is 3.21. The summed E-state index contributed by atoms with van der Waals surface area (Å²) in [5.41, 5.74) is 3.41. The number of aryl methyl sites for hydroxylation is 1. The Labute approximate surface area is 190 Å². The molecule has 0 atom stereocenters. The lowest BCUT2D eigenvalue weighted by Gasteiger charge is -2.11. The van der Waals surface area contributed by atoms with Crippen LogP contribution in [0.3, 0.4) is 0 Å². The molecule has 0 aliphatic heterocycles. The van der Waals surface area contributed by atoms with Crippen LogP contribution in [-0.4, -0.2) is 20.6 Å². The minimum absolute atomic E-state index is 0.0218. The van der Waals surface area contributed by atoms with Crippen LogP contribution in [0, 0.1) is 6.92 Å². The number of para-hydroxylation sites is 1. The van der Waals surface area contributed by atoms with Crippen molar-refractivity contribution in [1.29, 1.82) is 0 Å². The van der Waals surface area contributed by atoms with E-state index in [-0.39, 0.29) is 17.1 Å². The number of hydrogen-bond acceptors (Lipinski definition) is 5. The molecule has 2 heterocycles. The molecule has 7 heteroatoms. The van der Waals surface area contributed by atoms with Crippen LogP contribution < -0.4 is 10.7 Å². The Morgan fingerprint density at radius 2 is 1.84 bits per heavy atom. The van der Waals surface area contributed by atoms with Gasteiger partial charge in [0.15, 0.2) is 5.75 Å². The van der Waals surface area contributed by atoms with E-state index < -0.39 is 0 Å². The van der Waals surface area contributed by atoms with E-state index >= 15 is 0 Å². The van der Waals surface area contributed by atoms with Gasteiger partial charge in [-0.05, 0) is 36.6 Å². The van der Waals surface area contributed by atoms with E-state index in [1.54, 1.807) is 29.0 Å². The van der Waals surface area contributed by atoms with Gasteiger partial charge in [0.25, 0.3) is 0 Å². The van der Waals surface area contributed by atoms with E-state index in [2.05, 4.69) is 28.5 Å². The number of nitrogens with one attached hydrogen (secondary N) is 1. The van der Waals surface area contributed by atoms with Crippen LogP contribution in [0.15, 0.2) is 65.6 Å². The maximum absolute atomic E-state index is 12.2. The Morgan fingerprint density at radius 3 is 2.62 bits per heavy atom. The molecule has 4 aromatic rings. The first-order chi connectivity index (χ1) is 15.5. The number of carbonyl (C=O) groups excluding carboxylic acids is 1. The van der Waals surface area contributed by atoms with Crippen molar-refractivity contribution in [3.63, 3.8) is 0 Å². The van der Waals surface area contributed by atoms with Crippen molar-refractivity contribution in [2.45, 2.75) is 39.3 Å². The van der Waals surface area contributed by atoms with Crippen molar-refractivity contribution in [2.24, 2.45) is 0 Å². The summed E-state index contributed by atoms with van der Waals surface area (Å²) in [5.74, 6) is -0.255. The highest BCUT2D eigenvalue weighted by Gasteiger charge is 2.07. The fourth-order valence-electron chi connectivity index (χ4n) is 3.55. The Hall–Kier alpha value is -3.45. The second-order valence-electron chi connectivity index (χ2n) is 7.76. The minimum Gasteiger partial charge on any atom is -0.503 e. The second kappa shape index (κ2) is 9.78. The van der Waals surface area contributed by atoms with Gasteiger partial charge in [-0.2, -0.15) is 0 Å². The third-order valence-electron chi connectivity index (χ3n) is 5.42. The molecule has 2 aromatic carbocycles. The van der Waals surface area contributed by atoms with E-state index in [0.717, 1.165) is 22.5 Å². The monoisotopic (exact) mass is 447 g/mol. The number of pyridine rings is 1. The predicted molar refractivity (Wildman–Crippen MR) is 127 cm³/mol. The molecule has 0 unspecified atom stereocenters. The number of rotatable bonds is 8. The van der Waals surface area contributed by atoms with Crippen molar-refractivity contribution in [3.8, 4) is 5.75 Å². The van der Waals surface area contributed by atoms with Crippen LogP contribution in [0.25, 0.3) is 10.2 Å². The van der Waals surface area contributed by atoms with Crippen LogP contribution in [0.2, 0.25) is 0 Å². The Bertz CT molecular complexity index is 1260. The van der Waals surface area contributed by atoms with Crippen LogP contribution >= 0.6 is 11.3 Å². The Kier molecular flexibility index (Phi) is 6.66. The third kappa shape index (κ3) is 5.23. The van der Waals surface area contributed by atoms with Gasteiger partial charge >= 0.3 is 0 Å². The van der Waals surface area contributed by atoms with Gasteiger partial charge in [0, 0.05) is 38.2 Å². The van der Waals surface area contributed by atoms with Gasteiger partial charge in [0.1, 0.15) is 0 Å². The molecule has 6 nitrogen and oxygen atoms in total. The first kappa shape index (κ1) is 21.8. The molecular weight excluding hydrogens is 422 g/mol. The predicted octanol–water partition coefficient (Wildman–Crippen LogP) is 4.16. The lowest BCUT2D eigenvalue weighted by molar-refractivity contribution is -0.121. The number of amides is 1. The molecule has 0 aliphatic rings. The van der Waals surface area contributed by atoms with Crippen molar-refractivity contribution < 1.29 is 9.90 Å². The highest BCUT2D eigenvalue weighted by Crippen LogP contribution is 2.23. The van der Waals surface area contributed by atoms with E-state index in [0.29, 0.717) is 31.6 Å². The molecule has 1 amide bonds. The smallest absolute Gasteiger partial charge is 0.223 e. The third-order valence-corrected chi connectivity index (χ3v) is 6.46. The molecule has 2 N–H and O–H groups in total. The van der Waals surface area contributed by atoms with E-state index in [4.69, 9.17) is 0 Å². The van der Waals surface area contributed by atoms with Crippen molar-refractivity contribution in [2.75, 3.05) is 0 Å². The first-order valence-electron chi connectivity index (χ1n) is 10.6. The van der Waals surface area contributed by atoms with Crippen LogP contribution in [0.1, 0.15) is 34.7 Å². The summed E-state index contributed by atoms with van der Waals surface area (Å²) < 4.78 is 2.99. The van der Waals surface area contributed by atoms with E-state index in [1.165, 1.54) is 16.3 Å².